The molecule has 0 aromatic heterocycles. The first-order chi connectivity index (χ1) is 8.49. The van der Waals surface area contributed by atoms with Gasteiger partial charge in [-0.3, -0.25) is 9.59 Å². The molecule has 1 rings (SSSR count). The highest BCUT2D eigenvalue weighted by Crippen LogP contribution is 2.19. The highest BCUT2D eigenvalue weighted by molar-refractivity contribution is 6.31. The molecule has 6 heteroatoms. The first-order valence-electron chi connectivity index (χ1n) is 5.47. The lowest BCUT2D eigenvalue weighted by atomic mass is 10.2. The van der Waals surface area contributed by atoms with Crippen LogP contribution in [0.5, 0.6) is 0 Å². The lowest BCUT2D eigenvalue weighted by molar-refractivity contribution is -0.137. The summed E-state index contributed by atoms with van der Waals surface area (Å²) in [6.45, 7) is 2.21. The van der Waals surface area contributed by atoms with E-state index in [-0.39, 0.29) is 25.4 Å². The van der Waals surface area contributed by atoms with E-state index in [1.165, 1.54) is 0 Å². The lowest BCUT2D eigenvalue weighted by Crippen LogP contribution is -2.29. The fraction of sp³-hybridized carbons (Fsp3) is 0.333. The Bertz CT molecular complexity index is 449. The fourth-order valence-electron chi connectivity index (χ4n) is 1.27. The number of rotatable bonds is 6. The third-order valence-electron chi connectivity index (χ3n) is 2.26. The van der Waals surface area contributed by atoms with E-state index < -0.39 is 5.97 Å². The number of aliphatic carboxylic acids is 1. The molecule has 0 saturated heterocycles. The minimum Gasteiger partial charge on any atom is -0.481 e. The van der Waals surface area contributed by atoms with Crippen molar-refractivity contribution in [1.29, 1.82) is 0 Å². The summed E-state index contributed by atoms with van der Waals surface area (Å²) >= 11 is 5.93. The smallest absolute Gasteiger partial charge is 0.304 e. The Morgan fingerprint density at radius 3 is 2.72 bits per heavy atom. The highest BCUT2D eigenvalue weighted by atomic mass is 35.5. The molecule has 0 atom stereocenters. The number of halogens is 1. The summed E-state index contributed by atoms with van der Waals surface area (Å²) in [6, 6.07) is 5.25. The Balaban J connectivity index is 2.35. The number of benzene rings is 1. The van der Waals surface area contributed by atoms with Gasteiger partial charge in [-0.1, -0.05) is 17.7 Å². The van der Waals surface area contributed by atoms with Crippen molar-refractivity contribution in [3.8, 4) is 0 Å². The molecule has 1 amide bonds. The maximum Gasteiger partial charge on any atom is 0.304 e. The zero-order valence-corrected chi connectivity index (χ0v) is 10.8. The van der Waals surface area contributed by atoms with E-state index in [9.17, 15) is 9.59 Å². The van der Waals surface area contributed by atoms with Gasteiger partial charge in [0.1, 0.15) is 0 Å². The SMILES string of the molecule is Cc1ccc(NC(=O)CNCCC(=O)O)cc1Cl. The van der Waals surface area contributed by atoms with Crippen LogP contribution in [0.2, 0.25) is 5.02 Å². The molecule has 1 aromatic rings. The number of anilines is 1. The molecular weight excluding hydrogens is 256 g/mol. The Morgan fingerprint density at radius 1 is 1.39 bits per heavy atom. The van der Waals surface area contributed by atoms with Gasteiger partial charge >= 0.3 is 5.97 Å². The predicted molar refractivity (Wildman–Crippen MR) is 69.9 cm³/mol. The largest absolute Gasteiger partial charge is 0.481 e. The van der Waals surface area contributed by atoms with Crippen LogP contribution in [-0.4, -0.2) is 30.1 Å². The van der Waals surface area contributed by atoms with Crippen LogP contribution in [0.15, 0.2) is 18.2 Å². The molecule has 5 nitrogen and oxygen atoms in total. The third-order valence-corrected chi connectivity index (χ3v) is 2.66. The maximum atomic E-state index is 11.5. The first kappa shape index (κ1) is 14.5. The number of hydrogen-bond donors (Lipinski definition) is 3. The number of carbonyl (C=O) groups is 2. The molecular formula is C12H15ClN2O3. The van der Waals surface area contributed by atoms with Crippen molar-refractivity contribution in [2.24, 2.45) is 0 Å². The Morgan fingerprint density at radius 2 is 2.11 bits per heavy atom. The van der Waals surface area contributed by atoms with Gasteiger partial charge in [-0.25, -0.2) is 0 Å². The van der Waals surface area contributed by atoms with E-state index >= 15 is 0 Å². The van der Waals surface area contributed by atoms with Gasteiger partial charge in [0.15, 0.2) is 0 Å². The summed E-state index contributed by atoms with van der Waals surface area (Å²) in [5, 5.41) is 14.4. The molecule has 1 aromatic carbocycles. The second-order valence-electron chi connectivity index (χ2n) is 3.83. The van der Waals surface area contributed by atoms with Crippen LogP contribution in [0.1, 0.15) is 12.0 Å². The van der Waals surface area contributed by atoms with Crippen LogP contribution in [-0.2, 0) is 9.59 Å². The van der Waals surface area contributed by atoms with Crippen LogP contribution in [0.3, 0.4) is 0 Å². The van der Waals surface area contributed by atoms with E-state index in [1.807, 2.05) is 13.0 Å². The Labute approximate surface area is 110 Å². The molecule has 0 bridgehead atoms. The number of carboxylic acid groups (broad SMARTS) is 1. The average Bonchev–Trinajstić information content (AvgIpc) is 2.29. The number of aryl methyl sites for hydroxylation is 1. The van der Waals surface area contributed by atoms with Gasteiger partial charge in [-0.2, -0.15) is 0 Å². The molecule has 0 heterocycles. The average molecular weight is 271 g/mol. The lowest BCUT2D eigenvalue weighted by Gasteiger charge is -2.07. The first-order valence-corrected chi connectivity index (χ1v) is 5.85. The van der Waals surface area contributed by atoms with Gasteiger partial charge in [-0.15, -0.1) is 0 Å². The zero-order chi connectivity index (χ0) is 13.5. The van der Waals surface area contributed by atoms with Crippen molar-refractivity contribution >= 4 is 29.2 Å². The molecule has 0 aliphatic heterocycles. The molecule has 98 valence electrons. The van der Waals surface area contributed by atoms with E-state index in [2.05, 4.69) is 10.6 Å². The summed E-state index contributed by atoms with van der Waals surface area (Å²) in [7, 11) is 0. The standard InChI is InChI=1S/C12H15ClN2O3/c1-8-2-3-9(6-10(8)13)15-11(16)7-14-5-4-12(17)18/h2-3,6,14H,4-5,7H2,1H3,(H,15,16)(H,17,18). The summed E-state index contributed by atoms with van der Waals surface area (Å²) in [4.78, 5) is 21.7. The molecule has 0 aliphatic carbocycles. The van der Waals surface area contributed by atoms with Crippen LogP contribution in [0.25, 0.3) is 0 Å². The van der Waals surface area contributed by atoms with Gasteiger partial charge in [0.05, 0.1) is 13.0 Å². The Kier molecular flexibility index (Phi) is 5.61. The third kappa shape index (κ3) is 5.16. The maximum absolute atomic E-state index is 11.5. The molecule has 18 heavy (non-hydrogen) atoms. The number of carbonyl (C=O) groups excluding carboxylic acids is 1. The van der Waals surface area contributed by atoms with Crippen LogP contribution < -0.4 is 10.6 Å². The van der Waals surface area contributed by atoms with Crippen LogP contribution in [0, 0.1) is 6.92 Å². The normalized spacial score (nSPS) is 10.1. The molecule has 0 unspecified atom stereocenters. The van der Waals surface area contributed by atoms with Crippen LogP contribution >= 0.6 is 11.6 Å². The molecule has 0 spiro atoms. The number of carboxylic acids is 1. The minimum atomic E-state index is -0.895. The van der Waals surface area contributed by atoms with Gasteiger partial charge in [0.2, 0.25) is 5.91 Å². The van der Waals surface area contributed by atoms with E-state index in [1.54, 1.807) is 12.1 Å². The highest BCUT2D eigenvalue weighted by Gasteiger charge is 2.04. The topological polar surface area (TPSA) is 78.4 Å². The van der Waals surface area contributed by atoms with Gasteiger partial charge in [-0.05, 0) is 24.6 Å². The zero-order valence-electron chi connectivity index (χ0n) is 10.00. The van der Waals surface area contributed by atoms with E-state index in [0.29, 0.717) is 10.7 Å². The van der Waals surface area contributed by atoms with Gasteiger partial charge in [0.25, 0.3) is 0 Å². The van der Waals surface area contributed by atoms with Crippen LogP contribution in [0.4, 0.5) is 5.69 Å². The summed E-state index contributed by atoms with van der Waals surface area (Å²) < 4.78 is 0. The molecule has 3 N–H and O–H groups in total. The summed E-state index contributed by atoms with van der Waals surface area (Å²) in [5.74, 6) is -1.13. The van der Waals surface area contributed by atoms with E-state index in [4.69, 9.17) is 16.7 Å². The number of amides is 1. The second-order valence-corrected chi connectivity index (χ2v) is 4.24. The van der Waals surface area contributed by atoms with Crippen molar-refractivity contribution in [3.05, 3.63) is 28.8 Å². The summed E-state index contributed by atoms with van der Waals surface area (Å²) in [5.41, 5.74) is 1.56. The monoisotopic (exact) mass is 270 g/mol. The van der Waals surface area contributed by atoms with Crippen molar-refractivity contribution in [3.63, 3.8) is 0 Å². The van der Waals surface area contributed by atoms with Crippen molar-refractivity contribution in [2.75, 3.05) is 18.4 Å². The van der Waals surface area contributed by atoms with Gasteiger partial charge in [0, 0.05) is 17.3 Å². The minimum absolute atomic E-state index is 0.0103. The fourth-order valence-corrected chi connectivity index (χ4v) is 1.45. The number of nitrogens with one attached hydrogen (secondary N) is 2. The predicted octanol–water partition coefficient (Wildman–Crippen LogP) is 1.65. The quantitative estimate of drug-likeness (QED) is 0.687. The molecule has 0 aliphatic rings. The summed E-state index contributed by atoms with van der Waals surface area (Å²) in [6.07, 6.45) is -0.0103. The van der Waals surface area contributed by atoms with E-state index in [0.717, 1.165) is 5.56 Å². The second kappa shape index (κ2) is 6.98. The van der Waals surface area contributed by atoms with Gasteiger partial charge < -0.3 is 15.7 Å². The molecule has 0 fully saturated rings. The Hall–Kier alpha value is -1.59. The van der Waals surface area contributed by atoms with Crippen molar-refractivity contribution < 1.29 is 14.7 Å². The molecule has 0 radical (unpaired) electrons. The van der Waals surface area contributed by atoms with Crippen molar-refractivity contribution in [1.82, 2.24) is 5.32 Å². The molecule has 0 saturated carbocycles. The number of hydrogen-bond acceptors (Lipinski definition) is 3. The van der Waals surface area contributed by atoms with Crippen molar-refractivity contribution in [2.45, 2.75) is 13.3 Å².